The number of hydrogen-bond donors (Lipinski definition) is 2. The number of nitrogens with zero attached hydrogens (tertiary/aromatic N) is 1. The number of halogens is 1. The van der Waals surface area contributed by atoms with Gasteiger partial charge in [-0.3, -0.25) is 9.59 Å². The average Bonchev–Trinajstić information content (AvgIpc) is 2.70. The maximum atomic E-state index is 13.0. The van der Waals surface area contributed by atoms with Crippen molar-refractivity contribution < 1.29 is 14.3 Å². The SMILES string of the molecule is CCCCN1C(=O)CCC(C(=O)NCC(C)CN)C1c1ccccc1OC.Cl. The molecule has 28 heavy (non-hydrogen) atoms. The van der Waals surface area contributed by atoms with E-state index in [1.54, 1.807) is 7.11 Å². The molecule has 1 heterocycles. The van der Waals surface area contributed by atoms with E-state index < -0.39 is 0 Å². The summed E-state index contributed by atoms with van der Waals surface area (Å²) in [4.78, 5) is 27.6. The highest BCUT2D eigenvalue weighted by molar-refractivity contribution is 5.85. The molecular weight excluding hydrogens is 378 g/mol. The van der Waals surface area contributed by atoms with Gasteiger partial charge in [-0.15, -0.1) is 12.4 Å². The van der Waals surface area contributed by atoms with Crippen LogP contribution in [0.5, 0.6) is 5.75 Å². The zero-order valence-electron chi connectivity index (χ0n) is 17.1. The smallest absolute Gasteiger partial charge is 0.225 e. The van der Waals surface area contributed by atoms with E-state index in [9.17, 15) is 9.59 Å². The van der Waals surface area contributed by atoms with E-state index in [1.165, 1.54) is 0 Å². The first-order chi connectivity index (χ1) is 13.0. The largest absolute Gasteiger partial charge is 0.496 e. The quantitative estimate of drug-likeness (QED) is 0.654. The van der Waals surface area contributed by atoms with Gasteiger partial charge in [-0.25, -0.2) is 0 Å². The van der Waals surface area contributed by atoms with E-state index in [-0.39, 0.29) is 42.1 Å². The van der Waals surface area contributed by atoms with Crippen molar-refractivity contribution in [1.82, 2.24) is 10.2 Å². The topological polar surface area (TPSA) is 84.7 Å². The number of nitrogens with one attached hydrogen (secondary N) is 1. The molecule has 3 unspecified atom stereocenters. The van der Waals surface area contributed by atoms with Gasteiger partial charge in [0.05, 0.1) is 19.1 Å². The highest BCUT2D eigenvalue weighted by Gasteiger charge is 2.41. The molecule has 1 aliphatic heterocycles. The van der Waals surface area contributed by atoms with Gasteiger partial charge >= 0.3 is 0 Å². The second-order valence-corrected chi connectivity index (χ2v) is 7.36. The summed E-state index contributed by atoms with van der Waals surface area (Å²) in [6.45, 7) is 5.84. The van der Waals surface area contributed by atoms with Gasteiger partial charge in [-0.2, -0.15) is 0 Å². The van der Waals surface area contributed by atoms with Crippen LogP contribution >= 0.6 is 12.4 Å². The van der Waals surface area contributed by atoms with Crippen molar-refractivity contribution in [1.29, 1.82) is 0 Å². The summed E-state index contributed by atoms with van der Waals surface area (Å²) < 4.78 is 5.54. The van der Waals surface area contributed by atoms with Crippen molar-refractivity contribution in [2.45, 2.75) is 45.6 Å². The Kier molecular flexibility index (Phi) is 10.3. The average molecular weight is 412 g/mol. The molecule has 0 aliphatic carbocycles. The molecule has 0 radical (unpaired) electrons. The maximum absolute atomic E-state index is 13.0. The molecule has 3 atom stereocenters. The summed E-state index contributed by atoms with van der Waals surface area (Å²) in [5, 5.41) is 3.03. The number of hydrogen-bond acceptors (Lipinski definition) is 4. The number of ether oxygens (including phenoxy) is 1. The Morgan fingerprint density at radius 3 is 2.75 bits per heavy atom. The number of benzene rings is 1. The van der Waals surface area contributed by atoms with Crippen LogP contribution in [0.25, 0.3) is 0 Å². The summed E-state index contributed by atoms with van der Waals surface area (Å²) in [5.41, 5.74) is 6.57. The third-order valence-electron chi connectivity index (χ3n) is 5.28. The van der Waals surface area contributed by atoms with Crippen LogP contribution in [0.4, 0.5) is 0 Å². The molecule has 7 heteroatoms. The van der Waals surface area contributed by atoms with E-state index in [4.69, 9.17) is 10.5 Å². The summed E-state index contributed by atoms with van der Waals surface area (Å²) >= 11 is 0. The lowest BCUT2D eigenvalue weighted by Crippen LogP contribution is -2.49. The second-order valence-electron chi connectivity index (χ2n) is 7.36. The van der Waals surface area contributed by atoms with E-state index >= 15 is 0 Å². The lowest BCUT2D eigenvalue weighted by molar-refractivity contribution is -0.143. The first-order valence-electron chi connectivity index (χ1n) is 9.93. The van der Waals surface area contributed by atoms with Crippen molar-refractivity contribution in [3.63, 3.8) is 0 Å². The van der Waals surface area contributed by atoms with Crippen LogP contribution in [0, 0.1) is 11.8 Å². The van der Waals surface area contributed by atoms with Crippen molar-refractivity contribution in [3.05, 3.63) is 29.8 Å². The fourth-order valence-electron chi connectivity index (χ4n) is 3.60. The molecule has 2 amide bonds. The number of nitrogens with two attached hydrogens (primary N) is 1. The van der Waals surface area contributed by atoms with Crippen LogP contribution in [0.3, 0.4) is 0 Å². The van der Waals surface area contributed by atoms with Crippen molar-refractivity contribution in [2.24, 2.45) is 17.6 Å². The van der Waals surface area contributed by atoms with Gasteiger partial charge in [0.15, 0.2) is 0 Å². The molecule has 1 aliphatic rings. The van der Waals surface area contributed by atoms with E-state index in [0.29, 0.717) is 38.2 Å². The molecule has 0 bridgehead atoms. The van der Waals surface area contributed by atoms with Gasteiger partial charge in [-0.1, -0.05) is 38.5 Å². The van der Waals surface area contributed by atoms with Gasteiger partial charge < -0.3 is 20.7 Å². The van der Waals surface area contributed by atoms with Crippen molar-refractivity contribution in [2.75, 3.05) is 26.7 Å². The number of para-hydroxylation sites is 1. The summed E-state index contributed by atoms with van der Waals surface area (Å²) in [6, 6.07) is 7.38. The Hall–Kier alpha value is -1.79. The van der Waals surface area contributed by atoms with Gasteiger partial charge in [0.2, 0.25) is 11.8 Å². The molecule has 3 N–H and O–H groups in total. The standard InChI is InChI=1S/C21H33N3O3.ClH/c1-4-5-12-24-19(25)11-10-17(21(26)23-14-15(2)13-22)20(24)16-8-6-7-9-18(16)27-3;/h6-9,15,17,20H,4-5,10-14,22H2,1-3H3,(H,23,26);1H. The maximum Gasteiger partial charge on any atom is 0.225 e. The Morgan fingerprint density at radius 1 is 1.39 bits per heavy atom. The number of carbonyl (C=O) groups excluding carboxylic acids is 2. The van der Waals surface area contributed by atoms with Crippen LogP contribution in [0.1, 0.15) is 51.1 Å². The molecule has 2 rings (SSSR count). The molecule has 0 aromatic heterocycles. The molecule has 158 valence electrons. The van der Waals surface area contributed by atoms with Crippen LogP contribution in [0.15, 0.2) is 24.3 Å². The summed E-state index contributed by atoms with van der Waals surface area (Å²) in [6.07, 6.45) is 2.86. The fourth-order valence-corrected chi connectivity index (χ4v) is 3.60. The molecule has 1 aromatic rings. The highest BCUT2D eigenvalue weighted by Crippen LogP contribution is 2.40. The molecule has 1 fully saturated rings. The van der Waals surface area contributed by atoms with Crippen LogP contribution in [-0.2, 0) is 9.59 Å². The van der Waals surface area contributed by atoms with Gasteiger partial charge in [0.25, 0.3) is 0 Å². The Labute approximate surface area is 174 Å². The summed E-state index contributed by atoms with van der Waals surface area (Å²) in [5.74, 6) is 0.742. The Balaban J connectivity index is 0.00000392. The number of carbonyl (C=O) groups is 2. The monoisotopic (exact) mass is 411 g/mol. The zero-order valence-corrected chi connectivity index (χ0v) is 18.0. The number of amides is 2. The van der Waals surface area contributed by atoms with Crippen LogP contribution in [0.2, 0.25) is 0 Å². The van der Waals surface area contributed by atoms with E-state index in [0.717, 1.165) is 18.4 Å². The normalized spacial score (nSPS) is 20.3. The molecule has 1 saturated heterocycles. The number of methoxy groups -OCH3 is 1. The molecular formula is C21H34ClN3O3. The minimum Gasteiger partial charge on any atom is -0.496 e. The number of piperidine rings is 1. The number of rotatable bonds is 9. The molecule has 6 nitrogen and oxygen atoms in total. The van der Waals surface area contributed by atoms with Gasteiger partial charge in [-0.05, 0) is 31.4 Å². The Morgan fingerprint density at radius 2 is 2.11 bits per heavy atom. The van der Waals surface area contributed by atoms with E-state index in [1.807, 2.05) is 36.1 Å². The van der Waals surface area contributed by atoms with Crippen LogP contribution < -0.4 is 15.8 Å². The lowest BCUT2D eigenvalue weighted by atomic mass is 9.83. The molecule has 0 spiro atoms. The highest BCUT2D eigenvalue weighted by atomic mass is 35.5. The van der Waals surface area contributed by atoms with Crippen molar-refractivity contribution >= 4 is 24.2 Å². The molecule has 0 saturated carbocycles. The number of likely N-dealkylation sites (tertiary alicyclic amines) is 1. The number of unbranched alkanes of at least 4 members (excludes halogenated alkanes) is 1. The predicted octanol–water partition coefficient (Wildman–Crippen LogP) is 2.91. The predicted molar refractivity (Wildman–Crippen MR) is 114 cm³/mol. The first-order valence-corrected chi connectivity index (χ1v) is 9.93. The fraction of sp³-hybridized carbons (Fsp3) is 0.619. The van der Waals surface area contributed by atoms with E-state index in [2.05, 4.69) is 12.2 Å². The van der Waals surface area contributed by atoms with Gasteiger partial charge in [0, 0.05) is 25.1 Å². The van der Waals surface area contributed by atoms with Crippen LogP contribution in [-0.4, -0.2) is 43.5 Å². The van der Waals surface area contributed by atoms with Crippen molar-refractivity contribution in [3.8, 4) is 5.75 Å². The minimum atomic E-state index is -0.304. The zero-order chi connectivity index (χ0) is 19.8. The third-order valence-corrected chi connectivity index (χ3v) is 5.28. The summed E-state index contributed by atoms with van der Waals surface area (Å²) in [7, 11) is 1.62. The molecule has 1 aromatic carbocycles. The minimum absolute atomic E-state index is 0. The Bertz CT molecular complexity index is 641. The second kappa shape index (κ2) is 11.9. The third kappa shape index (κ3) is 5.85. The lowest BCUT2D eigenvalue weighted by Gasteiger charge is -2.41. The first kappa shape index (κ1) is 24.2. The van der Waals surface area contributed by atoms with Gasteiger partial charge in [0.1, 0.15) is 5.75 Å².